The SMILES string of the molecule is Cc1cc(NC(=O)OCc2ccccc2)c(C(=O)O)nc1C. The number of carboxylic acids is 1. The highest BCUT2D eigenvalue weighted by Gasteiger charge is 2.16. The molecule has 0 fully saturated rings. The van der Waals surface area contributed by atoms with Gasteiger partial charge in [-0.2, -0.15) is 0 Å². The average Bonchev–Trinajstić information content (AvgIpc) is 2.49. The maximum atomic E-state index is 11.8. The van der Waals surface area contributed by atoms with Gasteiger partial charge in [0.1, 0.15) is 6.61 Å². The first-order valence-electron chi connectivity index (χ1n) is 6.66. The minimum Gasteiger partial charge on any atom is -0.476 e. The van der Waals surface area contributed by atoms with Crippen molar-refractivity contribution in [1.82, 2.24) is 4.98 Å². The highest BCUT2D eigenvalue weighted by Crippen LogP contribution is 2.18. The number of carboxylic acid groups (broad SMARTS) is 1. The first-order valence-corrected chi connectivity index (χ1v) is 6.66. The predicted molar refractivity (Wildman–Crippen MR) is 80.9 cm³/mol. The van der Waals surface area contributed by atoms with Gasteiger partial charge in [0.2, 0.25) is 0 Å². The maximum absolute atomic E-state index is 11.8. The van der Waals surface area contributed by atoms with Crippen molar-refractivity contribution in [3.63, 3.8) is 0 Å². The molecule has 0 atom stereocenters. The summed E-state index contributed by atoms with van der Waals surface area (Å²) in [6.45, 7) is 3.60. The van der Waals surface area contributed by atoms with Crippen LogP contribution in [0, 0.1) is 13.8 Å². The van der Waals surface area contributed by atoms with Gasteiger partial charge in [-0.15, -0.1) is 0 Å². The van der Waals surface area contributed by atoms with Crippen molar-refractivity contribution >= 4 is 17.7 Å². The number of aryl methyl sites for hydroxylation is 2. The average molecular weight is 300 g/mol. The summed E-state index contributed by atoms with van der Waals surface area (Å²) in [6, 6.07) is 10.8. The molecule has 1 aromatic heterocycles. The molecule has 0 radical (unpaired) electrons. The number of ether oxygens (including phenoxy) is 1. The monoisotopic (exact) mass is 300 g/mol. The highest BCUT2D eigenvalue weighted by molar-refractivity contribution is 5.97. The van der Waals surface area contributed by atoms with E-state index < -0.39 is 12.1 Å². The summed E-state index contributed by atoms with van der Waals surface area (Å²) in [5, 5.41) is 11.6. The van der Waals surface area contributed by atoms with E-state index in [4.69, 9.17) is 9.84 Å². The van der Waals surface area contributed by atoms with E-state index in [9.17, 15) is 9.59 Å². The summed E-state index contributed by atoms with van der Waals surface area (Å²) < 4.78 is 5.07. The van der Waals surface area contributed by atoms with Crippen LogP contribution in [0.25, 0.3) is 0 Å². The number of amides is 1. The van der Waals surface area contributed by atoms with Gasteiger partial charge in [-0.1, -0.05) is 30.3 Å². The van der Waals surface area contributed by atoms with E-state index in [1.807, 2.05) is 30.3 Å². The van der Waals surface area contributed by atoms with Gasteiger partial charge in [-0.3, -0.25) is 5.32 Å². The summed E-state index contributed by atoms with van der Waals surface area (Å²) in [5.41, 5.74) is 2.13. The van der Waals surface area contributed by atoms with Crippen LogP contribution in [0.5, 0.6) is 0 Å². The summed E-state index contributed by atoms with van der Waals surface area (Å²) in [6.07, 6.45) is -0.726. The fourth-order valence-electron chi connectivity index (χ4n) is 1.83. The molecular weight excluding hydrogens is 284 g/mol. The van der Waals surface area contributed by atoms with E-state index in [2.05, 4.69) is 10.3 Å². The lowest BCUT2D eigenvalue weighted by Gasteiger charge is -2.11. The smallest absolute Gasteiger partial charge is 0.412 e. The third-order valence-electron chi connectivity index (χ3n) is 3.12. The topological polar surface area (TPSA) is 88.5 Å². The van der Waals surface area contributed by atoms with Crippen molar-refractivity contribution in [3.8, 4) is 0 Å². The first kappa shape index (κ1) is 15.5. The Morgan fingerprint density at radius 3 is 2.55 bits per heavy atom. The molecule has 0 saturated carbocycles. The molecule has 0 unspecified atom stereocenters. The molecule has 0 aliphatic rings. The lowest BCUT2D eigenvalue weighted by atomic mass is 10.2. The van der Waals surface area contributed by atoms with Gasteiger partial charge in [0, 0.05) is 5.69 Å². The van der Waals surface area contributed by atoms with E-state index in [1.54, 1.807) is 19.9 Å². The van der Waals surface area contributed by atoms with E-state index in [-0.39, 0.29) is 18.0 Å². The van der Waals surface area contributed by atoms with Gasteiger partial charge in [0.15, 0.2) is 5.69 Å². The molecule has 1 heterocycles. The first-order chi connectivity index (χ1) is 10.5. The fraction of sp³-hybridized carbons (Fsp3) is 0.188. The van der Waals surface area contributed by atoms with E-state index in [0.717, 1.165) is 11.1 Å². The number of hydrogen-bond donors (Lipinski definition) is 2. The predicted octanol–water partition coefficient (Wildman–Crippen LogP) is 3.15. The number of nitrogens with zero attached hydrogens (tertiary/aromatic N) is 1. The zero-order chi connectivity index (χ0) is 16.1. The number of carbonyl (C=O) groups is 2. The van der Waals surface area contributed by atoms with Crippen LogP contribution in [0.15, 0.2) is 36.4 Å². The summed E-state index contributed by atoms with van der Waals surface area (Å²) in [4.78, 5) is 27.0. The van der Waals surface area contributed by atoms with Gasteiger partial charge in [0.05, 0.1) is 5.69 Å². The molecule has 2 aromatic rings. The summed E-state index contributed by atoms with van der Waals surface area (Å²) in [5.74, 6) is -1.21. The Hall–Kier alpha value is -2.89. The largest absolute Gasteiger partial charge is 0.476 e. The molecule has 1 amide bonds. The molecule has 1 aromatic carbocycles. The van der Waals surface area contributed by atoms with Crippen LogP contribution >= 0.6 is 0 Å². The number of aromatic carboxylic acids is 1. The Labute approximate surface area is 127 Å². The van der Waals surface area contributed by atoms with Gasteiger partial charge >= 0.3 is 12.1 Å². The lowest BCUT2D eigenvalue weighted by Crippen LogP contribution is -2.17. The Morgan fingerprint density at radius 1 is 1.23 bits per heavy atom. The molecule has 6 heteroatoms. The molecule has 0 saturated heterocycles. The second-order valence-electron chi connectivity index (χ2n) is 4.78. The van der Waals surface area contributed by atoms with E-state index >= 15 is 0 Å². The third kappa shape index (κ3) is 3.82. The molecule has 22 heavy (non-hydrogen) atoms. The molecule has 6 nitrogen and oxygen atoms in total. The van der Waals surface area contributed by atoms with E-state index in [1.165, 1.54) is 0 Å². The van der Waals surface area contributed by atoms with Crippen LogP contribution in [0.2, 0.25) is 0 Å². The van der Waals surface area contributed by atoms with Gasteiger partial charge < -0.3 is 9.84 Å². The second kappa shape index (κ2) is 6.71. The van der Waals surface area contributed by atoms with Crippen LogP contribution < -0.4 is 5.32 Å². The normalized spacial score (nSPS) is 10.1. The van der Waals surface area contributed by atoms with Crippen molar-refractivity contribution < 1.29 is 19.4 Å². The van der Waals surface area contributed by atoms with Crippen molar-refractivity contribution in [2.24, 2.45) is 0 Å². The van der Waals surface area contributed by atoms with Crippen LogP contribution in [0.3, 0.4) is 0 Å². The summed E-state index contributed by atoms with van der Waals surface area (Å²) >= 11 is 0. The van der Waals surface area contributed by atoms with Gasteiger partial charge in [-0.25, -0.2) is 14.6 Å². The zero-order valence-corrected chi connectivity index (χ0v) is 12.3. The number of hydrogen-bond acceptors (Lipinski definition) is 4. The minimum atomic E-state index is -1.21. The fourth-order valence-corrected chi connectivity index (χ4v) is 1.83. The van der Waals surface area contributed by atoms with Crippen molar-refractivity contribution in [3.05, 3.63) is 58.9 Å². The molecular formula is C16H16N2O4. The third-order valence-corrected chi connectivity index (χ3v) is 3.12. The molecule has 0 aliphatic carbocycles. The molecule has 0 spiro atoms. The maximum Gasteiger partial charge on any atom is 0.412 e. The quantitative estimate of drug-likeness (QED) is 0.905. The van der Waals surface area contributed by atoms with Gasteiger partial charge in [-0.05, 0) is 31.0 Å². The van der Waals surface area contributed by atoms with E-state index in [0.29, 0.717) is 5.69 Å². The zero-order valence-electron chi connectivity index (χ0n) is 12.3. The standard InChI is InChI=1S/C16H16N2O4/c1-10-8-13(14(15(19)20)17-11(10)2)18-16(21)22-9-12-6-4-3-5-7-12/h3-8H,9H2,1-2H3,(H,18,21)(H,19,20). The molecule has 114 valence electrons. The van der Waals surface area contributed by atoms with Crippen LogP contribution in [0.1, 0.15) is 27.3 Å². The summed E-state index contributed by atoms with van der Waals surface area (Å²) in [7, 11) is 0. The Kier molecular flexibility index (Phi) is 4.73. The number of benzene rings is 1. The number of pyridine rings is 1. The highest BCUT2D eigenvalue weighted by atomic mass is 16.5. The van der Waals surface area contributed by atoms with Gasteiger partial charge in [0.25, 0.3) is 0 Å². The lowest BCUT2D eigenvalue weighted by molar-refractivity contribution is 0.0691. The van der Waals surface area contributed by atoms with Crippen LogP contribution in [-0.2, 0) is 11.3 Å². The minimum absolute atomic E-state index is 0.105. The Morgan fingerprint density at radius 2 is 1.91 bits per heavy atom. The number of anilines is 1. The van der Waals surface area contributed by atoms with Crippen LogP contribution in [0.4, 0.5) is 10.5 Å². The van der Waals surface area contributed by atoms with Crippen molar-refractivity contribution in [1.29, 1.82) is 0 Å². The number of nitrogens with one attached hydrogen (secondary N) is 1. The Bertz CT molecular complexity index is 699. The Balaban J connectivity index is 2.08. The van der Waals surface area contributed by atoms with Crippen molar-refractivity contribution in [2.75, 3.05) is 5.32 Å². The number of carbonyl (C=O) groups excluding carboxylic acids is 1. The number of aromatic nitrogens is 1. The molecule has 2 N–H and O–H groups in total. The number of rotatable bonds is 4. The van der Waals surface area contributed by atoms with Crippen molar-refractivity contribution in [2.45, 2.75) is 20.5 Å². The second-order valence-corrected chi connectivity index (χ2v) is 4.78. The van der Waals surface area contributed by atoms with Crippen LogP contribution in [-0.4, -0.2) is 22.2 Å². The molecule has 0 aliphatic heterocycles. The molecule has 0 bridgehead atoms. The molecule has 2 rings (SSSR count).